The Hall–Kier alpha value is -1.59. The molecule has 1 aromatic rings. The number of anilines is 1. The second-order valence-electron chi connectivity index (χ2n) is 6.58. The van der Waals surface area contributed by atoms with Gasteiger partial charge in [-0.2, -0.15) is 0 Å². The Balaban J connectivity index is 2.17. The minimum absolute atomic E-state index is 0.145. The summed E-state index contributed by atoms with van der Waals surface area (Å²) in [5.41, 5.74) is 7.87. The van der Waals surface area contributed by atoms with Crippen LogP contribution in [0.5, 0.6) is 0 Å². The monoisotopic (exact) mass is 333 g/mol. The van der Waals surface area contributed by atoms with Gasteiger partial charge in [0.05, 0.1) is 18.6 Å². The minimum Gasteiger partial charge on any atom is -0.378 e. The minimum atomic E-state index is -0.442. The number of carbonyl (C=O) groups excluding carboxylic acids is 1. The zero-order chi connectivity index (χ0) is 17.6. The zero-order valence-corrected chi connectivity index (χ0v) is 15.3. The average Bonchev–Trinajstić information content (AvgIpc) is 2.64. The maximum atomic E-state index is 13.0. The van der Waals surface area contributed by atoms with E-state index in [1.807, 2.05) is 31.9 Å². The standard InChI is InChI=1S/C19H31N3O2/c1-4-19(5-2,15-20)18(23)21(3)14-16-8-6-7-9-17(16)22-10-12-24-13-11-22/h6-9H,4-5,10-15,20H2,1-3H3. The number of amides is 1. The summed E-state index contributed by atoms with van der Waals surface area (Å²) in [4.78, 5) is 17.1. The lowest BCUT2D eigenvalue weighted by Crippen LogP contribution is -2.46. The summed E-state index contributed by atoms with van der Waals surface area (Å²) >= 11 is 0. The largest absolute Gasteiger partial charge is 0.378 e. The molecule has 0 aliphatic carbocycles. The van der Waals surface area contributed by atoms with Crippen molar-refractivity contribution in [2.75, 3.05) is 44.8 Å². The van der Waals surface area contributed by atoms with E-state index in [2.05, 4.69) is 23.1 Å². The molecule has 1 aromatic carbocycles. The van der Waals surface area contributed by atoms with Crippen molar-refractivity contribution in [3.05, 3.63) is 29.8 Å². The van der Waals surface area contributed by atoms with Gasteiger partial charge in [0.2, 0.25) is 5.91 Å². The van der Waals surface area contributed by atoms with Crippen molar-refractivity contribution in [1.82, 2.24) is 4.90 Å². The molecule has 0 spiro atoms. The van der Waals surface area contributed by atoms with Crippen LogP contribution in [0, 0.1) is 5.41 Å². The van der Waals surface area contributed by atoms with Gasteiger partial charge < -0.3 is 20.3 Å². The summed E-state index contributed by atoms with van der Waals surface area (Å²) in [6.45, 7) is 8.39. The molecule has 1 aliphatic heterocycles. The molecule has 0 bridgehead atoms. The van der Waals surface area contributed by atoms with Crippen molar-refractivity contribution in [3.63, 3.8) is 0 Å². The van der Waals surface area contributed by atoms with Crippen LogP contribution in [0.25, 0.3) is 0 Å². The highest BCUT2D eigenvalue weighted by Crippen LogP contribution is 2.29. The lowest BCUT2D eigenvalue weighted by atomic mass is 9.81. The van der Waals surface area contributed by atoms with E-state index in [1.54, 1.807) is 0 Å². The van der Waals surface area contributed by atoms with E-state index in [-0.39, 0.29) is 5.91 Å². The van der Waals surface area contributed by atoms with Gasteiger partial charge in [0.15, 0.2) is 0 Å². The quantitative estimate of drug-likeness (QED) is 0.831. The Bertz CT molecular complexity index is 529. The van der Waals surface area contributed by atoms with Crippen LogP contribution >= 0.6 is 0 Å². The molecule has 0 aromatic heterocycles. The first-order chi connectivity index (χ1) is 11.6. The fraction of sp³-hybridized carbons (Fsp3) is 0.632. The van der Waals surface area contributed by atoms with Gasteiger partial charge in [-0.3, -0.25) is 4.79 Å². The maximum Gasteiger partial charge on any atom is 0.230 e. The molecule has 5 heteroatoms. The predicted molar refractivity (Wildman–Crippen MR) is 98.0 cm³/mol. The molecule has 1 aliphatic rings. The Morgan fingerprint density at radius 3 is 2.46 bits per heavy atom. The molecule has 5 nitrogen and oxygen atoms in total. The lowest BCUT2D eigenvalue weighted by Gasteiger charge is -2.35. The van der Waals surface area contributed by atoms with Gasteiger partial charge in [0.25, 0.3) is 0 Å². The fourth-order valence-corrected chi connectivity index (χ4v) is 3.42. The first kappa shape index (κ1) is 18.7. The number of hydrogen-bond donors (Lipinski definition) is 1. The summed E-state index contributed by atoms with van der Waals surface area (Å²) in [5, 5.41) is 0. The number of nitrogens with zero attached hydrogens (tertiary/aromatic N) is 2. The summed E-state index contributed by atoms with van der Waals surface area (Å²) in [6.07, 6.45) is 1.54. The normalized spacial score (nSPS) is 15.4. The van der Waals surface area contributed by atoms with Crippen LogP contribution in [-0.2, 0) is 16.1 Å². The highest BCUT2D eigenvalue weighted by atomic mass is 16.5. The molecule has 2 rings (SSSR count). The molecule has 2 N–H and O–H groups in total. The molecule has 24 heavy (non-hydrogen) atoms. The van der Waals surface area contributed by atoms with Gasteiger partial charge in [0.1, 0.15) is 0 Å². The van der Waals surface area contributed by atoms with E-state index >= 15 is 0 Å². The van der Waals surface area contributed by atoms with Crippen molar-refractivity contribution in [2.24, 2.45) is 11.1 Å². The molecule has 0 radical (unpaired) electrons. The molecule has 0 atom stereocenters. The van der Waals surface area contributed by atoms with Gasteiger partial charge in [-0.15, -0.1) is 0 Å². The van der Waals surface area contributed by atoms with Crippen molar-refractivity contribution in [3.8, 4) is 0 Å². The van der Waals surface area contributed by atoms with Gasteiger partial charge in [-0.25, -0.2) is 0 Å². The van der Waals surface area contributed by atoms with Crippen molar-refractivity contribution >= 4 is 11.6 Å². The number of benzene rings is 1. The molecule has 134 valence electrons. The Labute approximate surface area is 145 Å². The number of morpholine rings is 1. The molecule has 1 fully saturated rings. The van der Waals surface area contributed by atoms with Gasteiger partial charge >= 0.3 is 0 Å². The van der Waals surface area contributed by atoms with Crippen LogP contribution < -0.4 is 10.6 Å². The van der Waals surface area contributed by atoms with Crippen molar-refractivity contribution in [2.45, 2.75) is 33.2 Å². The number of rotatable bonds is 7. The van der Waals surface area contributed by atoms with E-state index < -0.39 is 5.41 Å². The first-order valence-corrected chi connectivity index (χ1v) is 8.94. The second-order valence-corrected chi connectivity index (χ2v) is 6.58. The molecule has 0 unspecified atom stereocenters. The van der Waals surface area contributed by atoms with Gasteiger partial charge in [-0.05, 0) is 24.5 Å². The average molecular weight is 333 g/mol. The fourth-order valence-electron chi connectivity index (χ4n) is 3.42. The third-order valence-corrected chi connectivity index (χ3v) is 5.30. The summed E-state index contributed by atoms with van der Waals surface area (Å²) < 4.78 is 5.45. The van der Waals surface area contributed by atoms with E-state index in [1.165, 1.54) is 11.3 Å². The van der Waals surface area contributed by atoms with Crippen LogP contribution in [0.3, 0.4) is 0 Å². The van der Waals surface area contributed by atoms with Crippen molar-refractivity contribution in [1.29, 1.82) is 0 Å². The number of nitrogens with two attached hydrogens (primary N) is 1. The second kappa shape index (κ2) is 8.49. The van der Waals surface area contributed by atoms with Crippen molar-refractivity contribution < 1.29 is 9.53 Å². The number of carbonyl (C=O) groups is 1. The summed E-state index contributed by atoms with van der Waals surface area (Å²) in [5.74, 6) is 0.145. The van der Waals surface area contributed by atoms with E-state index in [9.17, 15) is 4.79 Å². The summed E-state index contributed by atoms with van der Waals surface area (Å²) in [7, 11) is 1.88. The molecular formula is C19H31N3O2. The van der Waals surface area contributed by atoms with Crippen LogP contribution in [0.1, 0.15) is 32.3 Å². The maximum absolute atomic E-state index is 13.0. The Morgan fingerprint density at radius 2 is 1.88 bits per heavy atom. The highest BCUT2D eigenvalue weighted by Gasteiger charge is 2.35. The van der Waals surface area contributed by atoms with Gasteiger partial charge in [0, 0.05) is 38.9 Å². The molecule has 1 amide bonds. The lowest BCUT2D eigenvalue weighted by molar-refractivity contribution is -0.141. The number of ether oxygens (including phenoxy) is 1. The third kappa shape index (κ3) is 3.90. The molecule has 0 saturated carbocycles. The first-order valence-electron chi connectivity index (χ1n) is 8.94. The number of para-hydroxylation sites is 1. The molecule has 1 saturated heterocycles. The van der Waals surface area contributed by atoms with E-state index in [4.69, 9.17) is 10.5 Å². The van der Waals surface area contributed by atoms with E-state index in [0.29, 0.717) is 13.1 Å². The van der Waals surface area contributed by atoms with Crippen LogP contribution in [0.15, 0.2) is 24.3 Å². The zero-order valence-electron chi connectivity index (χ0n) is 15.3. The molecular weight excluding hydrogens is 302 g/mol. The highest BCUT2D eigenvalue weighted by molar-refractivity contribution is 5.83. The topological polar surface area (TPSA) is 58.8 Å². The molecule has 1 heterocycles. The van der Waals surface area contributed by atoms with Crippen LogP contribution in [0.2, 0.25) is 0 Å². The Kier molecular flexibility index (Phi) is 6.63. The van der Waals surface area contributed by atoms with Crippen LogP contribution in [-0.4, -0.2) is 50.7 Å². The predicted octanol–water partition coefficient (Wildman–Crippen LogP) is 2.25. The smallest absolute Gasteiger partial charge is 0.230 e. The summed E-state index contributed by atoms with van der Waals surface area (Å²) in [6, 6.07) is 8.33. The third-order valence-electron chi connectivity index (χ3n) is 5.30. The number of hydrogen-bond acceptors (Lipinski definition) is 4. The van der Waals surface area contributed by atoms with Gasteiger partial charge in [-0.1, -0.05) is 32.0 Å². The van der Waals surface area contributed by atoms with Crippen LogP contribution in [0.4, 0.5) is 5.69 Å². The SMILES string of the molecule is CCC(CC)(CN)C(=O)N(C)Cc1ccccc1N1CCOCC1. The Morgan fingerprint density at radius 1 is 1.25 bits per heavy atom. The van der Waals surface area contributed by atoms with E-state index in [0.717, 1.165) is 39.1 Å².